The first-order valence-corrected chi connectivity index (χ1v) is 31.5. The van der Waals surface area contributed by atoms with E-state index in [2.05, 4.69) is 243 Å². The summed E-state index contributed by atoms with van der Waals surface area (Å²) < 4.78 is 0. The second-order valence-corrected chi connectivity index (χ2v) is 29.2. The van der Waals surface area contributed by atoms with Crippen molar-refractivity contribution >= 4 is 70.1 Å². The summed E-state index contributed by atoms with van der Waals surface area (Å²) in [6.45, 7) is 6.16. The molecule has 0 spiro atoms. The Labute approximate surface area is 446 Å². The molecule has 13 heteroatoms. The first kappa shape index (κ1) is 50.6. The van der Waals surface area contributed by atoms with Crippen LogP contribution < -0.4 is 31.8 Å². The number of hydrogen-bond acceptors (Lipinski definition) is 10. The summed E-state index contributed by atoms with van der Waals surface area (Å²) in [7, 11) is -8.93. The number of benzene rings is 9. The van der Waals surface area contributed by atoms with Gasteiger partial charge in [0.25, 0.3) is 0 Å². The van der Waals surface area contributed by atoms with Gasteiger partial charge in [-0.3, -0.25) is 4.90 Å². The highest BCUT2D eigenvalue weighted by atomic mass is 31.2. The fourth-order valence-electron chi connectivity index (χ4n) is 11.0. The summed E-state index contributed by atoms with van der Waals surface area (Å²) in [5, 5.41) is 37.4. The highest BCUT2D eigenvalue weighted by Gasteiger charge is 2.46. The molecule has 10 nitrogen and oxygen atoms in total. The quantitative estimate of drug-likeness (QED) is 0.152. The van der Waals surface area contributed by atoms with Crippen molar-refractivity contribution in [2.45, 2.75) is 33.5 Å². The van der Waals surface area contributed by atoms with Gasteiger partial charge in [0.05, 0.1) is 38.2 Å². The lowest BCUT2D eigenvalue weighted by molar-refractivity contribution is 0.248. The summed E-state index contributed by atoms with van der Waals surface area (Å²) in [6.07, 6.45) is 1.69. The van der Waals surface area contributed by atoms with Crippen LogP contribution in [-0.4, -0.2) is 23.4 Å². The van der Waals surface area contributed by atoms with Crippen molar-refractivity contribution in [3.63, 3.8) is 0 Å². The number of rotatable bonds is 6. The molecule has 2 bridgehead atoms. The molecule has 0 amide bonds. The molecule has 0 atom stereocenters. The normalized spacial score (nSPS) is 19.0. The van der Waals surface area contributed by atoms with Gasteiger partial charge in [0.15, 0.2) is 0 Å². The molecule has 9 aromatic carbocycles. The standard InChI is InChI=1S/C63H59N10P3/c1-50-41-42-62-53(43-50)46-73-44-51-25-21-23-39-60(51)64-67-70-74(54-27-9-3-10-28-54,55-29-11-4-12-30-55)47-63(2,49-76(72-69-66-62,58-35-17-7-18-36-58)59-37-19-8-20-38-59)48-75(56-31-13-5-14-32-56,57-33-15-6-16-34-57)71-68-65-61-40-24-22-26-52(61)45-73/h3-43H,44-49H2,1-2H3. The van der Waals surface area contributed by atoms with Gasteiger partial charge in [-0.15, -0.1) is 29.9 Å². The van der Waals surface area contributed by atoms with E-state index in [1.54, 1.807) is 0 Å². The Morgan fingerprint density at radius 1 is 0.329 bits per heavy atom. The van der Waals surface area contributed by atoms with Gasteiger partial charge in [0.2, 0.25) is 0 Å². The third-order valence-corrected chi connectivity index (χ3v) is 26.1. The van der Waals surface area contributed by atoms with Gasteiger partial charge in [0.1, 0.15) is 0 Å². The molecule has 0 aliphatic carbocycles. The van der Waals surface area contributed by atoms with Crippen LogP contribution in [0.3, 0.4) is 0 Å². The van der Waals surface area contributed by atoms with E-state index in [0.717, 1.165) is 71.1 Å². The maximum atomic E-state index is 5.75. The van der Waals surface area contributed by atoms with E-state index in [9.17, 15) is 0 Å². The molecule has 0 saturated heterocycles. The van der Waals surface area contributed by atoms with Crippen LogP contribution >= 0.6 is 21.2 Å². The Hall–Kier alpha value is -7.57. The Morgan fingerprint density at radius 2 is 0.605 bits per heavy atom. The molecular formula is C63H59N10P3. The first-order valence-electron chi connectivity index (χ1n) is 25.7. The minimum absolute atomic E-state index is 0.531. The Bertz CT molecular complexity index is 3430. The molecule has 0 aromatic heterocycles. The monoisotopic (exact) mass is 1050 g/mol. The SMILES string of the molecule is Cc1ccc2c(c1)CN1Cc3ccccc3N=NN=P(c3ccccc3)(c3ccccc3)CC(C)(CP(c3ccccc3)(c3ccccc3)=NN=Nc3ccccc3C1)CP(c1ccccc1)(c1ccccc1)=NN=N2. The van der Waals surface area contributed by atoms with Crippen molar-refractivity contribution in [2.75, 3.05) is 18.5 Å². The molecule has 0 unspecified atom stereocenters. The molecule has 0 saturated carbocycles. The van der Waals surface area contributed by atoms with Crippen LogP contribution in [0.25, 0.3) is 0 Å². The molecule has 3 aliphatic heterocycles. The molecule has 0 N–H and O–H groups in total. The zero-order chi connectivity index (χ0) is 51.7. The van der Waals surface area contributed by atoms with E-state index in [0.29, 0.717) is 38.1 Å². The first-order chi connectivity index (χ1) is 37.3. The predicted octanol–water partition coefficient (Wildman–Crippen LogP) is 15.8. The van der Waals surface area contributed by atoms with Gasteiger partial charge in [-0.2, -0.15) is 0 Å². The van der Waals surface area contributed by atoms with Crippen molar-refractivity contribution in [2.24, 2.45) is 51.0 Å². The van der Waals surface area contributed by atoms with Crippen molar-refractivity contribution in [1.82, 2.24) is 4.90 Å². The summed E-state index contributed by atoms with van der Waals surface area (Å²) in [5.74, 6) is 0. The highest BCUT2D eigenvalue weighted by Crippen LogP contribution is 2.63. The molecule has 3 aliphatic rings. The zero-order valence-electron chi connectivity index (χ0n) is 42.7. The fourth-order valence-corrected chi connectivity index (χ4v) is 22.8. The summed E-state index contributed by atoms with van der Waals surface area (Å²) >= 11 is 0. The molecule has 12 rings (SSSR count). The average Bonchev–Trinajstić information content (AvgIpc) is 3.50. The molecule has 9 aromatic rings. The molecule has 376 valence electrons. The van der Waals surface area contributed by atoms with E-state index < -0.39 is 26.6 Å². The lowest BCUT2D eigenvalue weighted by atomic mass is 9.99. The highest BCUT2D eigenvalue weighted by molar-refractivity contribution is 7.83. The summed E-state index contributed by atoms with van der Waals surface area (Å²) in [5.41, 5.74) is 5.75. The molecular weight excluding hydrogens is 990 g/mol. The van der Waals surface area contributed by atoms with Gasteiger partial charge in [-0.1, -0.05) is 243 Å². The lowest BCUT2D eigenvalue weighted by Gasteiger charge is -2.43. The number of aryl methyl sites for hydroxylation is 1. The molecule has 76 heavy (non-hydrogen) atoms. The topological polar surface area (TPSA) is 114 Å². The second-order valence-electron chi connectivity index (χ2n) is 20.0. The van der Waals surface area contributed by atoms with Gasteiger partial charge < -0.3 is 0 Å². The van der Waals surface area contributed by atoms with E-state index in [-0.39, 0.29) is 0 Å². The fraction of sp³-hybridized carbons (Fsp3) is 0.143. The van der Waals surface area contributed by atoms with Crippen LogP contribution in [0.1, 0.15) is 29.2 Å². The Morgan fingerprint density at radius 3 is 0.934 bits per heavy atom. The smallest absolute Gasteiger partial charge is 0.0920 e. The zero-order valence-corrected chi connectivity index (χ0v) is 45.4. The maximum Gasteiger partial charge on any atom is 0.0920 e. The van der Waals surface area contributed by atoms with Crippen LogP contribution in [0.15, 0.2) is 294 Å². The Balaban J connectivity index is 1.32. The maximum absolute atomic E-state index is 5.75. The van der Waals surface area contributed by atoms with Crippen molar-refractivity contribution in [1.29, 1.82) is 0 Å². The van der Waals surface area contributed by atoms with Crippen LogP contribution in [0, 0.1) is 12.3 Å². The summed E-state index contributed by atoms with van der Waals surface area (Å²) in [4.78, 5) is 19.6. The summed E-state index contributed by atoms with van der Waals surface area (Å²) in [6, 6.07) is 87.7. The van der Waals surface area contributed by atoms with Crippen LogP contribution in [-0.2, 0) is 19.6 Å². The van der Waals surface area contributed by atoms with E-state index >= 15 is 0 Å². The average molecular weight is 1050 g/mol. The molecule has 0 radical (unpaired) electrons. The number of fused-ring (bicyclic) bond motifs is 6. The third kappa shape index (κ3) is 10.8. The van der Waals surface area contributed by atoms with Crippen LogP contribution in [0.5, 0.6) is 0 Å². The van der Waals surface area contributed by atoms with E-state index in [4.69, 9.17) is 45.6 Å². The molecule has 0 fully saturated rings. The predicted molar refractivity (Wildman–Crippen MR) is 318 cm³/mol. The third-order valence-electron chi connectivity index (χ3n) is 14.4. The van der Waals surface area contributed by atoms with Crippen LogP contribution in [0.2, 0.25) is 0 Å². The van der Waals surface area contributed by atoms with Gasteiger partial charge in [-0.05, 0) is 113 Å². The van der Waals surface area contributed by atoms with Crippen molar-refractivity contribution in [3.05, 3.63) is 271 Å². The number of hydrogen-bond donors (Lipinski definition) is 0. The second kappa shape index (κ2) is 22.7. The van der Waals surface area contributed by atoms with Crippen molar-refractivity contribution < 1.29 is 0 Å². The minimum Gasteiger partial charge on any atom is -0.290 e. The minimum atomic E-state index is -2.98. The lowest BCUT2D eigenvalue weighted by Crippen LogP contribution is -2.40. The van der Waals surface area contributed by atoms with Crippen molar-refractivity contribution in [3.8, 4) is 0 Å². The van der Waals surface area contributed by atoms with Crippen LogP contribution in [0.4, 0.5) is 17.1 Å². The van der Waals surface area contributed by atoms with E-state index in [1.807, 2.05) is 24.3 Å². The Kier molecular flexibility index (Phi) is 15.1. The largest absolute Gasteiger partial charge is 0.290 e. The van der Waals surface area contributed by atoms with Gasteiger partial charge >= 0.3 is 0 Å². The number of nitrogens with zero attached hydrogens (tertiary/aromatic N) is 10. The van der Waals surface area contributed by atoms with Gasteiger partial charge in [0, 0.05) is 19.6 Å². The van der Waals surface area contributed by atoms with Gasteiger partial charge in [-0.25, -0.2) is 0 Å². The van der Waals surface area contributed by atoms with E-state index in [1.165, 1.54) is 0 Å². The molecule has 3 heterocycles.